The molecule has 122 valence electrons. The second-order valence-corrected chi connectivity index (χ2v) is 6.20. The number of benzene rings is 1. The third kappa shape index (κ3) is 4.37. The van der Waals surface area contributed by atoms with E-state index in [2.05, 4.69) is 10.6 Å². The molecule has 5 heteroatoms. The molecule has 0 heterocycles. The number of urea groups is 1. The van der Waals surface area contributed by atoms with Gasteiger partial charge in [0.1, 0.15) is 5.75 Å². The van der Waals surface area contributed by atoms with E-state index in [0.717, 1.165) is 43.4 Å². The SMILES string of the molecule is COc1cccc(C[C@H](C)NC(=O)NC2(CO)CCCC2)c1. The van der Waals surface area contributed by atoms with E-state index in [4.69, 9.17) is 4.74 Å². The zero-order valence-electron chi connectivity index (χ0n) is 13.4. The minimum Gasteiger partial charge on any atom is -0.497 e. The summed E-state index contributed by atoms with van der Waals surface area (Å²) in [4.78, 5) is 12.1. The summed E-state index contributed by atoms with van der Waals surface area (Å²) in [6.45, 7) is 1.98. The smallest absolute Gasteiger partial charge is 0.315 e. The van der Waals surface area contributed by atoms with E-state index in [0.29, 0.717) is 0 Å². The number of hydrogen-bond donors (Lipinski definition) is 3. The summed E-state index contributed by atoms with van der Waals surface area (Å²) < 4.78 is 5.21. The number of carbonyl (C=O) groups excluding carboxylic acids is 1. The fraction of sp³-hybridized carbons (Fsp3) is 0.588. The molecule has 1 aliphatic carbocycles. The van der Waals surface area contributed by atoms with Crippen LogP contribution >= 0.6 is 0 Å². The number of hydrogen-bond acceptors (Lipinski definition) is 3. The van der Waals surface area contributed by atoms with Gasteiger partial charge in [-0.3, -0.25) is 0 Å². The molecule has 2 amide bonds. The van der Waals surface area contributed by atoms with Gasteiger partial charge in [0.15, 0.2) is 0 Å². The lowest BCUT2D eigenvalue weighted by Gasteiger charge is -2.29. The average Bonchev–Trinajstić information content (AvgIpc) is 2.96. The first kappa shape index (κ1) is 16.6. The van der Waals surface area contributed by atoms with Crippen LogP contribution in [0, 0.1) is 0 Å². The zero-order valence-corrected chi connectivity index (χ0v) is 13.4. The molecule has 0 aromatic heterocycles. The normalized spacial score (nSPS) is 17.8. The van der Waals surface area contributed by atoms with E-state index < -0.39 is 5.54 Å². The summed E-state index contributed by atoms with van der Waals surface area (Å²) in [5.74, 6) is 0.819. The Morgan fingerprint density at radius 2 is 2.14 bits per heavy atom. The summed E-state index contributed by atoms with van der Waals surface area (Å²) in [5.41, 5.74) is 0.685. The predicted octanol–water partition coefficient (Wildman–Crippen LogP) is 2.23. The number of aliphatic hydroxyl groups excluding tert-OH is 1. The van der Waals surface area contributed by atoms with Gasteiger partial charge in [0.2, 0.25) is 0 Å². The quantitative estimate of drug-likeness (QED) is 0.755. The van der Waals surface area contributed by atoms with Gasteiger partial charge in [-0.1, -0.05) is 25.0 Å². The Bertz CT molecular complexity index is 498. The maximum Gasteiger partial charge on any atom is 0.315 e. The maximum absolute atomic E-state index is 12.1. The minimum absolute atomic E-state index is 0.00394. The molecular weight excluding hydrogens is 280 g/mol. The monoisotopic (exact) mass is 306 g/mol. The van der Waals surface area contributed by atoms with Crippen LogP contribution in [0.25, 0.3) is 0 Å². The van der Waals surface area contributed by atoms with Crippen LogP contribution in [0.15, 0.2) is 24.3 Å². The van der Waals surface area contributed by atoms with Crippen LogP contribution < -0.4 is 15.4 Å². The van der Waals surface area contributed by atoms with E-state index in [1.165, 1.54) is 0 Å². The summed E-state index contributed by atoms with van der Waals surface area (Å²) in [6.07, 6.45) is 4.54. The van der Waals surface area contributed by atoms with Crippen LogP contribution in [-0.4, -0.2) is 36.4 Å². The first-order valence-corrected chi connectivity index (χ1v) is 7.89. The number of ether oxygens (including phenoxy) is 1. The number of aliphatic hydroxyl groups is 1. The van der Waals surface area contributed by atoms with Gasteiger partial charge in [0.05, 0.1) is 19.3 Å². The number of amides is 2. The number of rotatable bonds is 6. The predicted molar refractivity (Wildman–Crippen MR) is 86.1 cm³/mol. The molecule has 1 saturated carbocycles. The Kier molecular flexibility index (Phi) is 5.66. The Balaban J connectivity index is 1.85. The van der Waals surface area contributed by atoms with Gasteiger partial charge in [-0.15, -0.1) is 0 Å². The van der Waals surface area contributed by atoms with Gasteiger partial charge in [-0.25, -0.2) is 4.79 Å². The molecule has 0 spiro atoms. The highest BCUT2D eigenvalue weighted by atomic mass is 16.5. The fourth-order valence-corrected chi connectivity index (χ4v) is 3.08. The topological polar surface area (TPSA) is 70.6 Å². The van der Waals surface area contributed by atoms with Crippen LogP contribution in [0.4, 0.5) is 4.79 Å². The van der Waals surface area contributed by atoms with Crippen molar-refractivity contribution in [3.05, 3.63) is 29.8 Å². The average molecular weight is 306 g/mol. The van der Waals surface area contributed by atoms with E-state index in [1.54, 1.807) is 7.11 Å². The van der Waals surface area contributed by atoms with Crippen molar-refractivity contribution in [3.8, 4) is 5.75 Å². The fourth-order valence-electron chi connectivity index (χ4n) is 3.08. The molecule has 0 aliphatic heterocycles. The number of carbonyl (C=O) groups is 1. The van der Waals surface area contributed by atoms with Crippen LogP contribution in [0.3, 0.4) is 0 Å². The summed E-state index contributed by atoms with van der Waals surface area (Å²) >= 11 is 0. The van der Waals surface area contributed by atoms with Crippen LogP contribution in [0.5, 0.6) is 5.75 Å². The molecule has 0 unspecified atom stereocenters. The Morgan fingerprint density at radius 3 is 2.77 bits per heavy atom. The van der Waals surface area contributed by atoms with Crippen molar-refractivity contribution in [1.82, 2.24) is 10.6 Å². The molecule has 1 aromatic carbocycles. The van der Waals surface area contributed by atoms with Gasteiger partial charge in [0, 0.05) is 6.04 Å². The highest BCUT2D eigenvalue weighted by Gasteiger charge is 2.34. The molecule has 2 rings (SSSR count). The highest BCUT2D eigenvalue weighted by molar-refractivity contribution is 5.75. The molecule has 3 N–H and O–H groups in total. The van der Waals surface area contributed by atoms with Gasteiger partial charge in [0.25, 0.3) is 0 Å². The second kappa shape index (κ2) is 7.49. The van der Waals surface area contributed by atoms with Crippen LogP contribution in [0.2, 0.25) is 0 Å². The molecule has 5 nitrogen and oxygen atoms in total. The lowest BCUT2D eigenvalue weighted by Crippen LogP contribution is -2.54. The third-order valence-electron chi connectivity index (χ3n) is 4.30. The van der Waals surface area contributed by atoms with E-state index >= 15 is 0 Å². The van der Waals surface area contributed by atoms with Crippen molar-refractivity contribution in [3.63, 3.8) is 0 Å². The molecule has 0 bridgehead atoms. The molecule has 1 aromatic rings. The maximum atomic E-state index is 12.1. The number of methoxy groups -OCH3 is 1. The first-order valence-electron chi connectivity index (χ1n) is 7.89. The minimum atomic E-state index is -0.431. The van der Waals surface area contributed by atoms with E-state index in [-0.39, 0.29) is 18.7 Å². The zero-order chi connectivity index (χ0) is 16.0. The summed E-state index contributed by atoms with van der Waals surface area (Å²) in [5, 5.41) is 15.4. The lowest BCUT2D eigenvalue weighted by molar-refractivity contribution is 0.162. The molecule has 0 radical (unpaired) electrons. The van der Waals surface area contributed by atoms with Crippen molar-refractivity contribution < 1.29 is 14.6 Å². The third-order valence-corrected chi connectivity index (χ3v) is 4.30. The summed E-state index contributed by atoms with van der Waals surface area (Å²) in [6, 6.07) is 7.64. The van der Waals surface area contributed by atoms with Gasteiger partial charge < -0.3 is 20.5 Å². The van der Waals surface area contributed by atoms with Crippen molar-refractivity contribution in [1.29, 1.82) is 0 Å². The van der Waals surface area contributed by atoms with Gasteiger partial charge in [-0.2, -0.15) is 0 Å². The van der Waals surface area contributed by atoms with Crippen molar-refractivity contribution in [2.24, 2.45) is 0 Å². The van der Waals surface area contributed by atoms with E-state index in [1.807, 2.05) is 31.2 Å². The van der Waals surface area contributed by atoms with Gasteiger partial charge >= 0.3 is 6.03 Å². The molecule has 1 aliphatic rings. The largest absolute Gasteiger partial charge is 0.497 e. The summed E-state index contributed by atoms with van der Waals surface area (Å²) in [7, 11) is 1.64. The lowest BCUT2D eigenvalue weighted by atomic mass is 9.99. The second-order valence-electron chi connectivity index (χ2n) is 6.20. The van der Waals surface area contributed by atoms with Crippen molar-refractivity contribution in [2.45, 2.75) is 50.6 Å². The first-order chi connectivity index (χ1) is 10.6. The highest BCUT2D eigenvalue weighted by Crippen LogP contribution is 2.28. The van der Waals surface area contributed by atoms with Crippen LogP contribution in [-0.2, 0) is 6.42 Å². The molecule has 1 fully saturated rings. The molecule has 22 heavy (non-hydrogen) atoms. The van der Waals surface area contributed by atoms with Crippen molar-refractivity contribution in [2.75, 3.05) is 13.7 Å². The standard InChI is InChI=1S/C17H26N2O3/c1-13(10-14-6-5-7-15(11-14)22-2)18-16(21)19-17(12-20)8-3-4-9-17/h5-7,11,13,20H,3-4,8-10,12H2,1-2H3,(H2,18,19,21)/t13-/m0/s1. The molecular formula is C17H26N2O3. The van der Waals surface area contributed by atoms with Gasteiger partial charge in [-0.05, 0) is 43.9 Å². The van der Waals surface area contributed by atoms with Crippen molar-refractivity contribution >= 4 is 6.03 Å². The molecule has 0 saturated heterocycles. The Labute approximate surface area is 132 Å². The van der Waals surface area contributed by atoms with E-state index in [9.17, 15) is 9.90 Å². The Hall–Kier alpha value is -1.75. The van der Waals surface area contributed by atoms with Crippen LogP contribution in [0.1, 0.15) is 38.2 Å². The molecule has 1 atom stereocenters. The Morgan fingerprint density at radius 1 is 1.41 bits per heavy atom. The number of nitrogens with one attached hydrogen (secondary N) is 2.